The zero-order valence-corrected chi connectivity index (χ0v) is 9.58. The van der Waals surface area contributed by atoms with Crippen molar-refractivity contribution in [2.24, 2.45) is 0 Å². The second-order valence-electron chi connectivity index (χ2n) is 4.23. The van der Waals surface area contributed by atoms with Crippen LogP contribution in [0.5, 0.6) is 0 Å². The summed E-state index contributed by atoms with van der Waals surface area (Å²) in [4.78, 5) is 14.9. The van der Waals surface area contributed by atoms with E-state index in [9.17, 15) is 18.0 Å². The fourth-order valence-corrected chi connectivity index (χ4v) is 2.18. The topological polar surface area (TPSA) is 32.9 Å². The molecule has 0 saturated heterocycles. The minimum absolute atomic E-state index is 0.0496. The number of H-pyrrole nitrogens is 1. The highest BCUT2D eigenvalue weighted by Gasteiger charge is 2.33. The van der Waals surface area contributed by atoms with Gasteiger partial charge in [0.2, 0.25) is 0 Å². The number of rotatable bonds is 0. The Hall–Kier alpha value is -2.30. The van der Waals surface area contributed by atoms with Crippen LogP contribution in [0.3, 0.4) is 0 Å². The number of hydrogen-bond acceptors (Lipinski definition) is 1. The monoisotopic (exact) mass is 263 g/mol. The molecule has 0 unspecified atom stereocenters. The largest absolute Gasteiger partial charge is 0.418 e. The Kier molecular flexibility index (Phi) is 2.38. The standard InChI is InChI=1S/C14H8F3NO/c15-14(16,17)10-6-3-5-9-12(10)18-11-7-2-1-4-8(11)13(9)19/h1-7H,(H,18,19). The van der Waals surface area contributed by atoms with Crippen molar-refractivity contribution in [3.05, 3.63) is 58.3 Å². The van der Waals surface area contributed by atoms with Crippen LogP contribution in [-0.2, 0) is 6.18 Å². The van der Waals surface area contributed by atoms with Crippen LogP contribution in [0.25, 0.3) is 21.8 Å². The van der Waals surface area contributed by atoms with Crippen LogP contribution in [0.1, 0.15) is 5.56 Å². The van der Waals surface area contributed by atoms with Crippen LogP contribution in [0.15, 0.2) is 47.3 Å². The molecule has 5 heteroatoms. The van der Waals surface area contributed by atoms with Gasteiger partial charge in [-0.3, -0.25) is 4.79 Å². The Labute approximate surface area is 105 Å². The first-order chi connectivity index (χ1) is 8.98. The zero-order chi connectivity index (χ0) is 13.6. The fourth-order valence-electron chi connectivity index (χ4n) is 2.18. The number of alkyl halides is 3. The summed E-state index contributed by atoms with van der Waals surface area (Å²) in [6.07, 6.45) is -4.50. The Bertz CT molecular complexity index is 833. The molecule has 3 aromatic rings. The molecule has 0 amide bonds. The minimum atomic E-state index is -4.50. The molecular formula is C14H8F3NO. The molecule has 0 aliphatic heterocycles. The van der Waals surface area contributed by atoms with Crippen molar-refractivity contribution in [1.82, 2.24) is 4.98 Å². The van der Waals surface area contributed by atoms with Crippen LogP contribution in [0, 0.1) is 0 Å². The molecule has 1 aromatic heterocycles. The summed E-state index contributed by atoms with van der Waals surface area (Å²) < 4.78 is 38.8. The van der Waals surface area contributed by atoms with Crippen LogP contribution in [0.2, 0.25) is 0 Å². The lowest BCUT2D eigenvalue weighted by Crippen LogP contribution is -2.11. The summed E-state index contributed by atoms with van der Waals surface area (Å²) in [5.74, 6) is 0. The lowest BCUT2D eigenvalue weighted by Gasteiger charge is -2.10. The van der Waals surface area contributed by atoms with Crippen molar-refractivity contribution >= 4 is 21.8 Å². The van der Waals surface area contributed by atoms with Crippen LogP contribution < -0.4 is 5.43 Å². The van der Waals surface area contributed by atoms with Crippen LogP contribution >= 0.6 is 0 Å². The van der Waals surface area contributed by atoms with Gasteiger partial charge in [0.05, 0.1) is 11.1 Å². The van der Waals surface area contributed by atoms with Gasteiger partial charge in [0.15, 0.2) is 5.43 Å². The van der Waals surface area contributed by atoms with E-state index in [0.717, 1.165) is 6.07 Å². The average molecular weight is 263 g/mol. The summed E-state index contributed by atoms with van der Waals surface area (Å²) in [6.45, 7) is 0. The van der Waals surface area contributed by atoms with Crippen molar-refractivity contribution < 1.29 is 13.2 Å². The molecule has 0 radical (unpaired) electrons. The van der Waals surface area contributed by atoms with E-state index in [2.05, 4.69) is 4.98 Å². The maximum absolute atomic E-state index is 12.9. The first kappa shape index (κ1) is 11.8. The van der Waals surface area contributed by atoms with Gasteiger partial charge in [-0.25, -0.2) is 0 Å². The van der Waals surface area contributed by atoms with Gasteiger partial charge >= 0.3 is 6.18 Å². The van der Waals surface area contributed by atoms with Gasteiger partial charge in [-0.1, -0.05) is 18.2 Å². The maximum Gasteiger partial charge on any atom is 0.418 e. The lowest BCUT2D eigenvalue weighted by atomic mass is 10.1. The first-order valence-corrected chi connectivity index (χ1v) is 5.59. The summed E-state index contributed by atoms with van der Waals surface area (Å²) in [7, 11) is 0. The maximum atomic E-state index is 12.9. The highest BCUT2D eigenvalue weighted by atomic mass is 19.4. The molecule has 96 valence electrons. The SMILES string of the molecule is O=c1c2ccccc2[nH]c2c(C(F)(F)F)cccc12. The highest BCUT2D eigenvalue weighted by Crippen LogP contribution is 2.33. The lowest BCUT2D eigenvalue weighted by molar-refractivity contribution is -0.136. The summed E-state index contributed by atoms with van der Waals surface area (Å²) in [5, 5.41) is 0.433. The van der Waals surface area contributed by atoms with Crippen LogP contribution in [-0.4, -0.2) is 4.98 Å². The number of halogens is 3. The van der Waals surface area contributed by atoms with E-state index in [-0.39, 0.29) is 10.9 Å². The molecule has 0 fully saturated rings. The van der Waals surface area contributed by atoms with Crippen LogP contribution in [0.4, 0.5) is 13.2 Å². The van der Waals surface area contributed by atoms with Gasteiger partial charge in [-0.2, -0.15) is 13.2 Å². The summed E-state index contributed by atoms with van der Waals surface area (Å²) in [6, 6.07) is 10.1. The summed E-state index contributed by atoms with van der Waals surface area (Å²) in [5.41, 5.74) is -0.987. The predicted octanol–water partition coefficient (Wildman–Crippen LogP) is 3.70. The second kappa shape index (κ2) is 3.85. The molecule has 19 heavy (non-hydrogen) atoms. The number of benzene rings is 2. The third-order valence-electron chi connectivity index (χ3n) is 3.05. The van der Waals surface area contributed by atoms with Crippen molar-refractivity contribution in [1.29, 1.82) is 0 Å². The Morgan fingerprint density at radius 2 is 1.58 bits per heavy atom. The van der Waals surface area contributed by atoms with Crippen molar-refractivity contribution in [3.8, 4) is 0 Å². The minimum Gasteiger partial charge on any atom is -0.354 e. The van der Waals surface area contributed by atoms with E-state index in [1.807, 2.05) is 0 Å². The van der Waals surface area contributed by atoms with Crippen molar-refractivity contribution in [2.75, 3.05) is 0 Å². The molecule has 0 atom stereocenters. The van der Waals surface area contributed by atoms with E-state index in [0.29, 0.717) is 10.9 Å². The number of fused-ring (bicyclic) bond motifs is 2. The van der Waals surface area contributed by atoms with Gasteiger partial charge in [-0.15, -0.1) is 0 Å². The molecule has 2 nitrogen and oxygen atoms in total. The number of nitrogens with one attached hydrogen (secondary N) is 1. The van der Waals surface area contributed by atoms with Gasteiger partial charge in [0.25, 0.3) is 0 Å². The number of aromatic nitrogens is 1. The quantitative estimate of drug-likeness (QED) is 0.616. The smallest absolute Gasteiger partial charge is 0.354 e. The van der Waals surface area contributed by atoms with Crippen molar-refractivity contribution in [3.63, 3.8) is 0 Å². The number of hydrogen-bond donors (Lipinski definition) is 1. The van der Waals surface area contributed by atoms with E-state index in [4.69, 9.17) is 0 Å². The third-order valence-corrected chi connectivity index (χ3v) is 3.05. The normalized spacial score (nSPS) is 12.2. The molecule has 2 aromatic carbocycles. The van der Waals surface area contributed by atoms with E-state index in [1.54, 1.807) is 24.3 Å². The van der Waals surface area contributed by atoms with E-state index in [1.165, 1.54) is 12.1 Å². The molecule has 0 bridgehead atoms. The molecule has 3 rings (SSSR count). The zero-order valence-electron chi connectivity index (χ0n) is 9.58. The molecular weight excluding hydrogens is 255 g/mol. The first-order valence-electron chi connectivity index (χ1n) is 5.59. The second-order valence-corrected chi connectivity index (χ2v) is 4.23. The van der Waals surface area contributed by atoms with E-state index < -0.39 is 17.2 Å². The Morgan fingerprint density at radius 1 is 0.895 bits per heavy atom. The van der Waals surface area contributed by atoms with Gasteiger partial charge in [0.1, 0.15) is 0 Å². The number of para-hydroxylation sites is 2. The number of aromatic amines is 1. The predicted molar refractivity (Wildman–Crippen MR) is 67.1 cm³/mol. The molecule has 0 aliphatic carbocycles. The molecule has 1 heterocycles. The van der Waals surface area contributed by atoms with E-state index >= 15 is 0 Å². The average Bonchev–Trinajstić information content (AvgIpc) is 2.37. The van der Waals surface area contributed by atoms with Gasteiger partial charge in [0, 0.05) is 16.3 Å². The fraction of sp³-hybridized carbons (Fsp3) is 0.0714. The van der Waals surface area contributed by atoms with Crippen molar-refractivity contribution in [2.45, 2.75) is 6.18 Å². The molecule has 0 aliphatic rings. The summed E-state index contributed by atoms with van der Waals surface area (Å²) >= 11 is 0. The third kappa shape index (κ3) is 1.78. The molecule has 0 saturated carbocycles. The number of pyridine rings is 1. The molecule has 1 N–H and O–H groups in total. The van der Waals surface area contributed by atoms with Gasteiger partial charge < -0.3 is 4.98 Å². The molecule has 0 spiro atoms. The Balaban J connectivity index is 2.55. The highest BCUT2D eigenvalue weighted by molar-refractivity contribution is 5.93. The Morgan fingerprint density at radius 3 is 2.32 bits per heavy atom. The van der Waals surface area contributed by atoms with Gasteiger partial charge in [-0.05, 0) is 24.3 Å².